The summed E-state index contributed by atoms with van der Waals surface area (Å²) in [5.74, 6) is 0.107. The monoisotopic (exact) mass is 376 g/mol. The average Bonchev–Trinajstić information content (AvgIpc) is 2.60. The molecule has 0 aliphatic carbocycles. The van der Waals surface area contributed by atoms with Crippen molar-refractivity contribution in [2.75, 3.05) is 5.73 Å². The number of nitriles is 1. The Morgan fingerprint density at radius 1 is 1.11 bits per heavy atom. The van der Waals surface area contributed by atoms with Crippen LogP contribution >= 0.6 is 11.6 Å². The predicted molar refractivity (Wildman–Crippen MR) is 106 cm³/mol. The molecule has 0 amide bonds. The standard InChI is InChI=1S/C21H17ClN4O/c1-10-5-11(2)14-8-15(20(22)26-17(14)6-10)19-13-4-3-12(24)7-18(13)27-21(25)16(19)9-23/h3-8,19H,24-25H2,1-2H3. The molecule has 0 fully saturated rings. The first-order chi connectivity index (χ1) is 12.9. The van der Waals surface area contributed by atoms with Crippen molar-refractivity contribution in [2.24, 2.45) is 5.73 Å². The Bertz CT molecular complexity index is 1180. The molecule has 0 spiro atoms. The van der Waals surface area contributed by atoms with Gasteiger partial charge in [0.05, 0.1) is 11.4 Å². The molecule has 4 N–H and O–H groups in total. The van der Waals surface area contributed by atoms with Gasteiger partial charge in [-0.3, -0.25) is 0 Å². The van der Waals surface area contributed by atoms with Crippen LogP contribution in [0, 0.1) is 25.2 Å². The molecule has 4 rings (SSSR count). The minimum Gasteiger partial charge on any atom is -0.440 e. The normalized spacial score (nSPS) is 16.0. The summed E-state index contributed by atoms with van der Waals surface area (Å²) in [4.78, 5) is 4.58. The largest absolute Gasteiger partial charge is 0.440 e. The maximum atomic E-state index is 9.71. The first-order valence-electron chi connectivity index (χ1n) is 8.43. The van der Waals surface area contributed by atoms with E-state index in [2.05, 4.69) is 17.1 Å². The maximum absolute atomic E-state index is 9.71. The van der Waals surface area contributed by atoms with E-state index in [-0.39, 0.29) is 5.88 Å². The molecule has 1 aliphatic rings. The number of nitrogen functional groups attached to an aromatic ring is 1. The van der Waals surface area contributed by atoms with Crippen LogP contribution in [0.5, 0.6) is 5.75 Å². The van der Waals surface area contributed by atoms with Gasteiger partial charge in [-0.2, -0.15) is 5.26 Å². The highest BCUT2D eigenvalue weighted by atomic mass is 35.5. The van der Waals surface area contributed by atoms with Crippen LogP contribution in [-0.4, -0.2) is 4.98 Å². The summed E-state index contributed by atoms with van der Waals surface area (Å²) in [6.07, 6.45) is 0. The number of hydrogen-bond donors (Lipinski definition) is 2. The SMILES string of the molecule is Cc1cc(C)c2cc(C3C(C#N)=C(N)Oc4cc(N)ccc43)c(Cl)nc2c1. The number of anilines is 1. The van der Waals surface area contributed by atoms with Crippen molar-refractivity contribution in [3.8, 4) is 11.8 Å². The highest BCUT2D eigenvalue weighted by molar-refractivity contribution is 6.30. The van der Waals surface area contributed by atoms with Gasteiger partial charge in [0.1, 0.15) is 22.5 Å². The summed E-state index contributed by atoms with van der Waals surface area (Å²) < 4.78 is 5.63. The van der Waals surface area contributed by atoms with Crippen molar-refractivity contribution in [1.29, 1.82) is 5.26 Å². The summed E-state index contributed by atoms with van der Waals surface area (Å²) in [6.45, 7) is 4.05. The summed E-state index contributed by atoms with van der Waals surface area (Å²) >= 11 is 6.56. The van der Waals surface area contributed by atoms with Crippen molar-refractivity contribution in [3.05, 3.63) is 75.3 Å². The fourth-order valence-corrected chi connectivity index (χ4v) is 3.87. The third-order valence-corrected chi connectivity index (χ3v) is 5.12. The van der Waals surface area contributed by atoms with Gasteiger partial charge in [0.15, 0.2) is 0 Å². The molecule has 134 valence electrons. The van der Waals surface area contributed by atoms with Gasteiger partial charge in [-0.25, -0.2) is 4.98 Å². The molecular weight excluding hydrogens is 360 g/mol. The number of fused-ring (bicyclic) bond motifs is 2. The number of benzene rings is 2. The molecule has 0 radical (unpaired) electrons. The maximum Gasteiger partial charge on any atom is 0.205 e. The second-order valence-electron chi connectivity index (χ2n) is 6.74. The Morgan fingerprint density at radius 2 is 1.89 bits per heavy atom. The lowest BCUT2D eigenvalue weighted by Crippen LogP contribution is -2.21. The van der Waals surface area contributed by atoms with Crippen molar-refractivity contribution in [1.82, 2.24) is 4.98 Å². The summed E-state index contributed by atoms with van der Waals surface area (Å²) in [7, 11) is 0. The molecule has 1 unspecified atom stereocenters. The van der Waals surface area contributed by atoms with Gasteiger partial charge in [-0.15, -0.1) is 0 Å². The van der Waals surface area contributed by atoms with E-state index in [4.69, 9.17) is 27.8 Å². The van der Waals surface area contributed by atoms with E-state index < -0.39 is 5.92 Å². The summed E-state index contributed by atoms with van der Waals surface area (Å²) in [6, 6.07) is 13.5. The molecule has 0 saturated carbocycles. The fourth-order valence-electron chi connectivity index (χ4n) is 3.62. The van der Waals surface area contributed by atoms with Gasteiger partial charge in [0.2, 0.25) is 5.88 Å². The molecule has 5 nitrogen and oxygen atoms in total. The fraction of sp³-hybridized carbons (Fsp3) is 0.143. The molecule has 3 aromatic rings. The zero-order valence-electron chi connectivity index (χ0n) is 14.9. The van der Waals surface area contributed by atoms with Crippen molar-refractivity contribution in [2.45, 2.75) is 19.8 Å². The number of aryl methyl sites for hydroxylation is 2. The highest BCUT2D eigenvalue weighted by Gasteiger charge is 2.32. The van der Waals surface area contributed by atoms with E-state index >= 15 is 0 Å². The molecule has 6 heteroatoms. The first-order valence-corrected chi connectivity index (χ1v) is 8.81. The van der Waals surface area contributed by atoms with Crippen molar-refractivity contribution < 1.29 is 4.74 Å². The number of aromatic nitrogens is 1. The minimum absolute atomic E-state index is 0.0531. The van der Waals surface area contributed by atoms with Gasteiger partial charge in [-0.05, 0) is 43.2 Å². The second kappa shape index (κ2) is 6.19. The first kappa shape index (κ1) is 17.2. The third kappa shape index (κ3) is 2.75. The van der Waals surface area contributed by atoms with Gasteiger partial charge in [-0.1, -0.05) is 23.7 Å². The molecule has 1 atom stereocenters. The number of hydrogen-bond acceptors (Lipinski definition) is 5. The predicted octanol–water partition coefficient (Wildman–Crippen LogP) is 4.31. The summed E-state index contributed by atoms with van der Waals surface area (Å²) in [5.41, 5.74) is 17.3. The van der Waals surface area contributed by atoms with Crippen LogP contribution in [0.25, 0.3) is 10.9 Å². The molecule has 27 heavy (non-hydrogen) atoms. The van der Waals surface area contributed by atoms with Crippen LogP contribution in [0.1, 0.15) is 28.2 Å². The molecule has 0 saturated heterocycles. The van der Waals surface area contributed by atoms with E-state index in [1.165, 1.54) is 0 Å². The Hall–Kier alpha value is -3.23. The van der Waals surface area contributed by atoms with E-state index in [1.54, 1.807) is 12.1 Å². The number of allylic oxidation sites excluding steroid dienone is 1. The molecular formula is C21H17ClN4O. The lowest BCUT2D eigenvalue weighted by Gasteiger charge is -2.27. The average molecular weight is 377 g/mol. The quantitative estimate of drug-likeness (QED) is 0.487. The minimum atomic E-state index is -0.468. The lowest BCUT2D eigenvalue weighted by atomic mass is 9.83. The van der Waals surface area contributed by atoms with Crippen molar-refractivity contribution in [3.63, 3.8) is 0 Å². The smallest absolute Gasteiger partial charge is 0.205 e. The highest BCUT2D eigenvalue weighted by Crippen LogP contribution is 2.45. The van der Waals surface area contributed by atoms with Gasteiger partial charge in [0, 0.05) is 28.3 Å². The molecule has 2 aromatic carbocycles. The zero-order chi connectivity index (χ0) is 19.3. The number of halogens is 1. The van der Waals surface area contributed by atoms with Gasteiger partial charge < -0.3 is 16.2 Å². The summed E-state index contributed by atoms with van der Waals surface area (Å²) in [5, 5.41) is 11.0. The number of pyridine rings is 1. The number of nitrogens with two attached hydrogens (primary N) is 2. The Labute approximate surface area is 161 Å². The van der Waals surface area contributed by atoms with Crippen LogP contribution in [0.3, 0.4) is 0 Å². The molecule has 0 bridgehead atoms. The number of rotatable bonds is 1. The van der Waals surface area contributed by atoms with Crippen molar-refractivity contribution >= 4 is 28.2 Å². The van der Waals surface area contributed by atoms with Crippen LogP contribution in [0.2, 0.25) is 5.15 Å². The van der Waals surface area contributed by atoms with Crippen LogP contribution in [0.15, 0.2) is 47.9 Å². The van der Waals surface area contributed by atoms with E-state index in [1.807, 2.05) is 32.0 Å². The zero-order valence-corrected chi connectivity index (χ0v) is 15.6. The van der Waals surface area contributed by atoms with E-state index in [9.17, 15) is 5.26 Å². The molecule has 1 aliphatic heterocycles. The lowest BCUT2D eigenvalue weighted by molar-refractivity contribution is 0.394. The van der Waals surface area contributed by atoms with Gasteiger partial charge in [0.25, 0.3) is 0 Å². The second-order valence-corrected chi connectivity index (χ2v) is 7.10. The Morgan fingerprint density at radius 3 is 2.63 bits per heavy atom. The Balaban J connectivity index is 2.02. The molecule has 2 heterocycles. The van der Waals surface area contributed by atoms with Gasteiger partial charge >= 0.3 is 0 Å². The topological polar surface area (TPSA) is 98.0 Å². The number of nitrogens with zero attached hydrogens (tertiary/aromatic N) is 2. The number of ether oxygens (including phenoxy) is 1. The van der Waals surface area contributed by atoms with E-state index in [0.29, 0.717) is 27.7 Å². The molecule has 1 aromatic heterocycles. The van der Waals surface area contributed by atoms with Crippen LogP contribution < -0.4 is 16.2 Å². The Kier molecular flexibility index (Phi) is 3.94. The third-order valence-electron chi connectivity index (χ3n) is 4.82. The van der Waals surface area contributed by atoms with Crippen LogP contribution in [-0.2, 0) is 0 Å². The van der Waals surface area contributed by atoms with Crippen LogP contribution in [0.4, 0.5) is 5.69 Å². The van der Waals surface area contributed by atoms with E-state index in [0.717, 1.165) is 27.6 Å².